The Labute approximate surface area is 121 Å². The molecule has 1 aliphatic heterocycles. The lowest BCUT2D eigenvalue weighted by Crippen LogP contribution is -2.41. The van der Waals surface area contributed by atoms with Crippen molar-refractivity contribution < 1.29 is 0 Å². The smallest absolute Gasteiger partial charge is 0.103 e. The summed E-state index contributed by atoms with van der Waals surface area (Å²) in [7, 11) is 0. The second kappa shape index (κ2) is 5.49. The van der Waals surface area contributed by atoms with Crippen molar-refractivity contribution in [2.45, 2.75) is 32.1 Å². The zero-order valence-corrected chi connectivity index (χ0v) is 12.2. The van der Waals surface area contributed by atoms with Crippen molar-refractivity contribution in [1.82, 2.24) is 0 Å². The molecule has 2 aliphatic rings. The monoisotopic (exact) mass is 274 g/mol. The summed E-state index contributed by atoms with van der Waals surface area (Å²) in [6.45, 7) is 2.44. The largest absolute Gasteiger partial charge is 0.389 e. The molecular formula is C16H22N2S. The molecule has 2 atom stereocenters. The number of benzene rings is 1. The number of anilines is 1. The van der Waals surface area contributed by atoms with Gasteiger partial charge in [0.15, 0.2) is 0 Å². The van der Waals surface area contributed by atoms with Crippen LogP contribution in [0.4, 0.5) is 5.69 Å². The lowest BCUT2D eigenvalue weighted by Gasteiger charge is -2.42. The molecule has 0 aromatic heterocycles. The molecule has 0 bridgehead atoms. The van der Waals surface area contributed by atoms with Crippen molar-refractivity contribution in [2.75, 3.05) is 18.0 Å². The highest BCUT2D eigenvalue weighted by Crippen LogP contribution is 2.37. The standard InChI is InChI=1S/C16H22N2S/c17-16(19)13-5-7-15(8-6-13)18-10-9-12-3-1-2-4-14(12)11-18/h5-8,12,14H,1-4,9-11H2,(H2,17,19). The first kappa shape index (κ1) is 12.9. The van der Waals surface area contributed by atoms with Crippen LogP contribution in [0, 0.1) is 11.8 Å². The zero-order valence-electron chi connectivity index (χ0n) is 11.3. The van der Waals surface area contributed by atoms with Gasteiger partial charge in [-0.25, -0.2) is 0 Å². The van der Waals surface area contributed by atoms with Crippen LogP contribution in [-0.2, 0) is 0 Å². The van der Waals surface area contributed by atoms with Gasteiger partial charge in [0.2, 0.25) is 0 Å². The molecule has 0 spiro atoms. The fraction of sp³-hybridized carbons (Fsp3) is 0.562. The van der Waals surface area contributed by atoms with E-state index >= 15 is 0 Å². The van der Waals surface area contributed by atoms with Gasteiger partial charge in [-0.1, -0.05) is 31.5 Å². The van der Waals surface area contributed by atoms with Crippen molar-refractivity contribution in [3.8, 4) is 0 Å². The third-order valence-corrected chi connectivity index (χ3v) is 5.04. The molecule has 2 N–H and O–H groups in total. The van der Waals surface area contributed by atoms with Gasteiger partial charge in [0.1, 0.15) is 4.99 Å². The Kier molecular flexibility index (Phi) is 3.74. The van der Waals surface area contributed by atoms with Crippen molar-refractivity contribution in [1.29, 1.82) is 0 Å². The van der Waals surface area contributed by atoms with Crippen LogP contribution in [0.3, 0.4) is 0 Å². The SMILES string of the molecule is NC(=S)c1ccc(N2CCC3CCCCC3C2)cc1. The first-order valence-electron chi connectivity index (χ1n) is 7.39. The van der Waals surface area contributed by atoms with Crippen molar-refractivity contribution in [3.63, 3.8) is 0 Å². The van der Waals surface area contributed by atoms with E-state index in [0.717, 1.165) is 17.4 Å². The van der Waals surface area contributed by atoms with E-state index in [1.165, 1.54) is 50.9 Å². The van der Waals surface area contributed by atoms with Crippen LogP contribution in [0.25, 0.3) is 0 Å². The molecule has 1 heterocycles. The molecule has 3 rings (SSSR count). The number of nitrogens with two attached hydrogens (primary N) is 1. The summed E-state index contributed by atoms with van der Waals surface area (Å²) in [6.07, 6.45) is 7.12. The molecule has 0 amide bonds. The van der Waals surface area contributed by atoms with Gasteiger partial charge >= 0.3 is 0 Å². The number of rotatable bonds is 2. The van der Waals surface area contributed by atoms with E-state index in [1.807, 2.05) is 12.1 Å². The molecule has 2 fully saturated rings. The summed E-state index contributed by atoms with van der Waals surface area (Å²) in [6, 6.07) is 8.42. The molecule has 1 aromatic carbocycles. The summed E-state index contributed by atoms with van der Waals surface area (Å²) in [5.41, 5.74) is 7.93. The number of fused-ring (bicyclic) bond motifs is 1. The average molecular weight is 274 g/mol. The Morgan fingerprint density at radius 2 is 1.74 bits per heavy atom. The lowest BCUT2D eigenvalue weighted by atomic mass is 9.75. The topological polar surface area (TPSA) is 29.3 Å². The molecule has 1 saturated heterocycles. The fourth-order valence-corrected chi connectivity index (χ4v) is 3.81. The molecule has 2 nitrogen and oxygen atoms in total. The molecule has 1 saturated carbocycles. The number of thiocarbonyl (C=S) groups is 1. The van der Waals surface area contributed by atoms with E-state index in [0.29, 0.717) is 4.99 Å². The van der Waals surface area contributed by atoms with E-state index in [2.05, 4.69) is 17.0 Å². The zero-order chi connectivity index (χ0) is 13.2. The van der Waals surface area contributed by atoms with Crippen molar-refractivity contribution in [2.24, 2.45) is 17.6 Å². The number of hydrogen-bond donors (Lipinski definition) is 1. The van der Waals surface area contributed by atoms with Gasteiger partial charge in [-0.05, 0) is 48.9 Å². The first-order valence-corrected chi connectivity index (χ1v) is 7.79. The minimum Gasteiger partial charge on any atom is -0.389 e. The van der Waals surface area contributed by atoms with Crippen molar-refractivity contribution >= 4 is 22.9 Å². The van der Waals surface area contributed by atoms with Crippen LogP contribution in [0.15, 0.2) is 24.3 Å². The number of hydrogen-bond acceptors (Lipinski definition) is 2. The molecular weight excluding hydrogens is 252 g/mol. The molecule has 0 radical (unpaired) electrons. The second-order valence-corrected chi connectivity index (χ2v) is 6.39. The summed E-state index contributed by atoms with van der Waals surface area (Å²) >= 11 is 5.00. The van der Waals surface area contributed by atoms with Gasteiger partial charge in [0.25, 0.3) is 0 Å². The van der Waals surface area contributed by atoms with E-state index in [1.54, 1.807) is 0 Å². The lowest BCUT2D eigenvalue weighted by molar-refractivity contribution is 0.202. The molecule has 1 aliphatic carbocycles. The molecule has 102 valence electrons. The predicted octanol–water partition coefficient (Wildman–Crippen LogP) is 3.34. The minimum absolute atomic E-state index is 0.484. The Morgan fingerprint density at radius 1 is 1.05 bits per heavy atom. The molecule has 1 aromatic rings. The van der Waals surface area contributed by atoms with Crippen LogP contribution in [0.5, 0.6) is 0 Å². The average Bonchev–Trinajstić information content (AvgIpc) is 2.47. The number of nitrogens with zero attached hydrogens (tertiary/aromatic N) is 1. The highest BCUT2D eigenvalue weighted by molar-refractivity contribution is 7.80. The summed E-state index contributed by atoms with van der Waals surface area (Å²) in [5.74, 6) is 1.90. The summed E-state index contributed by atoms with van der Waals surface area (Å²) in [4.78, 5) is 3.02. The van der Waals surface area contributed by atoms with Crippen LogP contribution < -0.4 is 10.6 Å². The fourth-order valence-electron chi connectivity index (χ4n) is 3.67. The van der Waals surface area contributed by atoms with E-state index in [-0.39, 0.29) is 0 Å². The van der Waals surface area contributed by atoms with Gasteiger partial charge in [-0.3, -0.25) is 0 Å². The Balaban J connectivity index is 1.70. The van der Waals surface area contributed by atoms with Crippen molar-refractivity contribution in [3.05, 3.63) is 29.8 Å². The second-order valence-electron chi connectivity index (χ2n) is 5.95. The van der Waals surface area contributed by atoms with Gasteiger partial charge in [-0.15, -0.1) is 0 Å². The maximum absolute atomic E-state index is 5.65. The molecule has 2 unspecified atom stereocenters. The third-order valence-electron chi connectivity index (χ3n) is 4.81. The van der Waals surface area contributed by atoms with E-state index in [4.69, 9.17) is 18.0 Å². The maximum Gasteiger partial charge on any atom is 0.103 e. The van der Waals surface area contributed by atoms with E-state index < -0.39 is 0 Å². The predicted molar refractivity (Wildman–Crippen MR) is 84.6 cm³/mol. The molecule has 19 heavy (non-hydrogen) atoms. The van der Waals surface area contributed by atoms with Gasteiger partial charge in [0.05, 0.1) is 0 Å². The minimum atomic E-state index is 0.484. The van der Waals surface area contributed by atoms with Gasteiger partial charge in [0, 0.05) is 24.3 Å². The van der Waals surface area contributed by atoms with Crippen LogP contribution in [-0.4, -0.2) is 18.1 Å². The first-order chi connectivity index (χ1) is 9.24. The highest BCUT2D eigenvalue weighted by atomic mass is 32.1. The summed E-state index contributed by atoms with van der Waals surface area (Å²) < 4.78 is 0. The van der Waals surface area contributed by atoms with Gasteiger partial charge in [-0.2, -0.15) is 0 Å². The van der Waals surface area contributed by atoms with Crippen LogP contribution in [0.1, 0.15) is 37.7 Å². The summed E-state index contributed by atoms with van der Waals surface area (Å²) in [5, 5.41) is 0. The molecule has 3 heteroatoms. The normalized spacial score (nSPS) is 26.8. The number of piperidine rings is 1. The Hall–Kier alpha value is -1.09. The maximum atomic E-state index is 5.65. The Bertz CT molecular complexity index is 454. The highest BCUT2D eigenvalue weighted by Gasteiger charge is 2.30. The third kappa shape index (κ3) is 2.76. The van der Waals surface area contributed by atoms with Gasteiger partial charge < -0.3 is 10.6 Å². The van der Waals surface area contributed by atoms with Crippen LogP contribution >= 0.6 is 12.2 Å². The quantitative estimate of drug-likeness (QED) is 0.839. The van der Waals surface area contributed by atoms with E-state index in [9.17, 15) is 0 Å². The Morgan fingerprint density at radius 3 is 2.42 bits per heavy atom. The van der Waals surface area contributed by atoms with Crippen LogP contribution in [0.2, 0.25) is 0 Å².